The second-order valence-corrected chi connectivity index (χ2v) is 23.8. The van der Waals surface area contributed by atoms with Crippen LogP contribution >= 0.6 is 39.7 Å². The van der Waals surface area contributed by atoms with Crippen molar-refractivity contribution in [1.29, 1.82) is 0.594 Å². The molecule has 0 unspecified atom stereocenters. The summed E-state index contributed by atoms with van der Waals surface area (Å²) in [6.07, 6.45) is 27.1. The molecule has 8 aliphatic rings. The third kappa shape index (κ3) is 23.2. The number of pyridine rings is 3. The fourth-order valence-electron chi connectivity index (χ4n) is 14.7. The Morgan fingerprint density at radius 3 is 1.54 bits per heavy atom. The van der Waals surface area contributed by atoms with E-state index in [9.17, 15) is 29.1 Å². The number of aromatic nitrogens is 3. The fraction of sp³-hybridized carbons (Fsp3) is 0.557. The largest absolute Gasteiger partial charge is 0.466 e. The van der Waals surface area contributed by atoms with Gasteiger partial charge in [-0.25, -0.2) is 0 Å². The minimum atomic E-state index is -0.280. The summed E-state index contributed by atoms with van der Waals surface area (Å²) < 4.78 is 38.4. The number of hydrogen-bond acceptors (Lipinski definition) is 15. The predicted molar refractivity (Wildman–Crippen MR) is 358 cm³/mol. The molecule has 90 heavy (non-hydrogen) atoms. The number of fused-ring (bicyclic) bond motifs is 4. The number of carbonyl (C=O) groups is 5. The standard InChI is InChI=1S/C21H26BrNO4.C19H23NO3.C19H25NO3.C6H8O2.2CH4.3CH3.HI.3W/c1-13-20-18(7-6-16-5-3-4-10-23-16)17(8-9-22)15(12-26-14(2)24)11-19(20)21(25)27-13;1-12-18-16(6-5-14-4-2-3-8-20-14)15-7-9-22-11-13(15)10-17(18)19(21)23-12;1-3-15-13(11-21)10-17-18(12(2)23-19(17)22)16(15)8-7-14-6-4-5-9-20-14;7-4-6-2-1-3-8-5-6;;;;;;;;;/h3-7,10,13,15,17-20H,8-9,11-12H2,1-2H3;2-6,8,12-13,15-18H,7,9-11H2,1H3;4-9,12-13,15-18,21H,3,10-11H2,1-2H3;2,4H,1,3,5H2;2*1H4;3*1H3;1H;;;/q;;;;;;3*-1;;;;/b7-6+;6-5+;8-7+;;;;;;;;;;/t13-,15-,17-,18+,19-,20+;2*12-,13-,15-,16+,17-,18+;;;;;;;;;;/m111........../s1/i/hD. The van der Waals surface area contributed by atoms with Crippen molar-refractivity contribution in [1.82, 2.24) is 15.0 Å². The number of carbonyl (C=O) groups excluding carboxylic acids is 5. The summed E-state index contributed by atoms with van der Waals surface area (Å²) in [7, 11) is 0. The summed E-state index contributed by atoms with van der Waals surface area (Å²) in [5.41, 5.74) is 3.56. The molecule has 1 N–H and O–H groups in total. The quantitative estimate of drug-likeness (QED) is 0.0423. The second-order valence-electron chi connectivity index (χ2n) is 23.0. The van der Waals surface area contributed by atoms with E-state index in [1.165, 1.54) is 30.7 Å². The Morgan fingerprint density at radius 2 is 1.14 bits per heavy atom. The van der Waals surface area contributed by atoms with E-state index in [1.807, 2.05) is 99.8 Å². The Hall–Kier alpha value is -2.89. The number of esters is 4. The third-order valence-electron chi connectivity index (χ3n) is 18.3. The molecule has 3 saturated carbocycles. The van der Waals surface area contributed by atoms with Crippen molar-refractivity contribution in [3.63, 3.8) is 0 Å². The molecule has 3 aromatic heterocycles. The maximum Gasteiger partial charge on any atom is 0.309 e. The van der Waals surface area contributed by atoms with Crippen molar-refractivity contribution < 1.29 is 121 Å². The summed E-state index contributed by atoms with van der Waals surface area (Å²) in [6, 6.07) is 17.6. The van der Waals surface area contributed by atoms with Crippen molar-refractivity contribution in [2.45, 2.75) is 113 Å². The molecule has 0 radical (unpaired) electrons. The van der Waals surface area contributed by atoms with Crippen LogP contribution in [0.2, 0.25) is 0 Å². The van der Waals surface area contributed by atoms with Crippen LogP contribution in [-0.2, 0) is 116 Å². The maximum atomic E-state index is 12.4. The van der Waals surface area contributed by atoms with E-state index < -0.39 is 0 Å². The molecular formula is C70H100BrIN3O12W3-3. The van der Waals surface area contributed by atoms with Gasteiger partial charge in [-0.2, -0.15) is 0 Å². The molecule has 502 valence electrons. The first kappa shape index (κ1) is 87.1. The molecule has 11 rings (SSSR count). The number of cyclic esters (lactones) is 3. The Kier molecular flexibility index (Phi) is 43.3. The zero-order valence-corrected chi connectivity index (χ0v) is 64.6. The van der Waals surface area contributed by atoms with Crippen molar-refractivity contribution in [2.24, 2.45) is 88.8 Å². The molecule has 3 aromatic rings. The average molecular weight is 1930 g/mol. The Morgan fingerprint density at radius 1 is 0.689 bits per heavy atom. The van der Waals surface area contributed by atoms with Crippen LogP contribution in [0.1, 0.15) is 111 Å². The number of rotatable bonds is 13. The van der Waals surface area contributed by atoms with E-state index in [4.69, 9.17) is 29.0 Å². The van der Waals surface area contributed by atoms with Gasteiger partial charge >= 0.3 is 23.9 Å². The number of aldehydes is 1. The summed E-state index contributed by atoms with van der Waals surface area (Å²) in [6.45, 7) is 13.0. The molecule has 4 saturated heterocycles. The Labute approximate surface area is 607 Å². The molecule has 0 aromatic carbocycles. The van der Waals surface area contributed by atoms with Gasteiger partial charge in [-0.05, 0) is 167 Å². The SMILES string of the molecule is C.C.CC(=O)OC[C@H]1C[C@H]2C(=O)O[C@H](C)[C@H]2[C@@H](/C=C/c2ccccn2)[C@@H]1CCBr.CC[C@@H]1[C@@H](CO)C[C@H]2C(=O)O[C@H](C)[C@H]2[C@H]1/C=C/c1ccccn1.C[C@H]1OC(=O)[C@@H]2C[C@@H]3COCC[C@H]3[C@H](/C=C/c3ccccn3)[C@H]12.O=CC1=CCCOC1.[2H]I.[CH3-].[CH3-].[CH3-].[W].[W].[W]. The van der Waals surface area contributed by atoms with E-state index >= 15 is 0 Å². The van der Waals surface area contributed by atoms with Gasteiger partial charge in [0, 0.05) is 137 Å². The van der Waals surface area contributed by atoms with Crippen molar-refractivity contribution in [2.75, 3.05) is 45.0 Å². The molecule has 8 heterocycles. The molecule has 18 atom stereocenters. The molecule has 0 bridgehead atoms. The van der Waals surface area contributed by atoms with Crippen molar-refractivity contribution in [3.05, 3.63) is 142 Å². The van der Waals surface area contributed by atoms with E-state index in [1.54, 1.807) is 12.4 Å². The van der Waals surface area contributed by atoms with Gasteiger partial charge in [-0.3, -0.25) is 38.9 Å². The van der Waals surface area contributed by atoms with Crippen LogP contribution in [0.5, 0.6) is 0 Å². The Bertz CT molecular complexity index is 2600. The number of nitrogens with zero attached hydrogens (tertiary/aromatic N) is 3. The van der Waals surface area contributed by atoms with E-state index in [-0.39, 0.29) is 202 Å². The molecule has 0 spiro atoms. The number of aliphatic hydroxyl groups excluding tert-OH is 1. The molecule has 5 aliphatic heterocycles. The molecule has 20 heteroatoms. The topological polar surface area (TPSA) is 200 Å². The number of halogens is 2. The maximum absolute atomic E-state index is 12.4. The predicted octanol–water partition coefficient (Wildman–Crippen LogP) is 13.5. The van der Waals surface area contributed by atoms with Gasteiger partial charge in [0.25, 0.3) is 0 Å². The van der Waals surface area contributed by atoms with Crippen LogP contribution in [0.4, 0.5) is 0 Å². The number of alkyl halides is 1. The minimum Gasteiger partial charge on any atom is -0.466 e. The summed E-state index contributed by atoms with van der Waals surface area (Å²) in [4.78, 5) is 71.2. The number of allylic oxidation sites excluding steroid dienone is 3. The number of aliphatic hydroxyl groups is 1. The first-order valence-corrected chi connectivity index (χ1v) is 30.4. The molecule has 3 aliphatic carbocycles. The van der Waals surface area contributed by atoms with Crippen LogP contribution in [0, 0.1) is 111 Å². The molecule has 7 fully saturated rings. The zero-order valence-electron chi connectivity index (χ0n) is 53.1. The first-order chi connectivity index (χ1) is 40.3. The van der Waals surface area contributed by atoms with E-state index in [0.717, 1.165) is 92.6 Å². The number of ether oxygens (including phenoxy) is 6. The van der Waals surface area contributed by atoms with Crippen LogP contribution in [0.3, 0.4) is 0 Å². The second kappa shape index (κ2) is 44.7. The van der Waals surface area contributed by atoms with Gasteiger partial charge in [0.15, 0.2) is 0 Å². The average Bonchev–Trinajstić information content (AvgIpc) is 1.75. The number of hydrogen-bond donors (Lipinski definition) is 1. The van der Waals surface area contributed by atoms with Crippen LogP contribution < -0.4 is 0 Å². The summed E-state index contributed by atoms with van der Waals surface area (Å²) in [5, 5.41) is 10.6. The Balaban J connectivity index is 0. The summed E-state index contributed by atoms with van der Waals surface area (Å²) >= 11 is 4.97. The van der Waals surface area contributed by atoms with Crippen LogP contribution in [-0.4, -0.2) is 114 Å². The van der Waals surface area contributed by atoms with Crippen molar-refractivity contribution >= 4 is 88.1 Å². The third-order valence-corrected chi connectivity index (χ3v) is 18.8. The van der Waals surface area contributed by atoms with E-state index in [2.05, 4.69) is 62.1 Å². The minimum absolute atomic E-state index is 0. The molecule has 15 nitrogen and oxygen atoms in total. The van der Waals surface area contributed by atoms with Gasteiger partial charge in [-0.15, -0.1) is 23.8 Å². The summed E-state index contributed by atoms with van der Waals surface area (Å²) in [5.74, 6) is 2.79. The van der Waals surface area contributed by atoms with Crippen LogP contribution in [0.25, 0.3) is 18.2 Å². The first-order valence-electron chi connectivity index (χ1n) is 29.7. The smallest absolute Gasteiger partial charge is 0.309 e. The molecular weight excluding hydrogens is 1830 g/mol. The van der Waals surface area contributed by atoms with Gasteiger partial charge in [-0.1, -0.05) is 86.6 Å². The fourth-order valence-corrected chi connectivity index (χ4v) is 15.2. The van der Waals surface area contributed by atoms with Gasteiger partial charge in [0.2, 0.25) is 0 Å². The molecule has 0 amide bonds. The monoisotopic (exact) mass is 1930 g/mol. The van der Waals surface area contributed by atoms with Crippen LogP contribution in [0.15, 0.2) is 103 Å². The van der Waals surface area contributed by atoms with Gasteiger partial charge < -0.3 is 55.8 Å². The normalized spacial score (nSPS) is 31.3. The van der Waals surface area contributed by atoms with Gasteiger partial charge in [0.05, 0.1) is 54.7 Å². The van der Waals surface area contributed by atoms with Crippen molar-refractivity contribution in [3.8, 4) is 0 Å². The van der Waals surface area contributed by atoms with E-state index in [0.29, 0.717) is 55.1 Å². The zero-order chi connectivity index (χ0) is 59.4. The van der Waals surface area contributed by atoms with Gasteiger partial charge in [0.1, 0.15) is 25.2 Å².